The molecule has 8 heteroatoms. The minimum Gasteiger partial charge on any atom is -0.378 e. The monoisotopic (exact) mass is 446 g/mol. The third-order valence-electron chi connectivity index (χ3n) is 6.69. The van der Waals surface area contributed by atoms with Crippen LogP contribution in [0.2, 0.25) is 0 Å². The molecule has 33 heavy (non-hydrogen) atoms. The summed E-state index contributed by atoms with van der Waals surface area (Å²) in [4.78, 5) is 27.2. The number of hydrogen-bond donors (Lipinski definition) is 0. The van der Waals surface area contributed by atoms with Crippen LogP contribution in [0.15, 0.2) is 36.7 Å². The van der Waals surface area contributed by atoms with E-state index >= 15 is 0 Å². The first kappa shape index (κ1) is 21.7. The summed E-state index contributed by atoms with van der Waals surface area (Å²) in [5.41, 5.74) is 5.80. The highest BCUT2D eigenvalue weighted by Crippen LogP contribution is 2.31. The molecule has 1 amide bonds. The van der Waals surface area contributed by atoms with Gasteiger partial charge in [-0.25, -0.2) is 9.97 Å². The summed E-state index contributed by atoms with van der Waals surface area (Å²) in [7, 11) is 1.62. The van der Waals surface area contributed by atoms with Crippen molar-refractivity contribution in [2.75, 3.05) is 39.8 Å². The Bertz CT molecular complexity index is 1150. The lowest BCUT2D eigenvalue weighted by Gasteiger charge is -2.34. The summed E-state index contributed by atoms with van der Waals surface area (Å²) in [5, 5.41) is 4.53. The molecule has 2 aliphatic rings. The molecular weight excluding hydrogens is 416 g/mol. The lowest BCUT2D eigenvalue weighted by molar-refractivity contribution is 0.0638. The van der Waals surface area contributed by atoms with Crippen LogP contribution in [0, 0.1) is 0 Å². The SMILES string of the molecule is CCN1CCN(C(=O)c2cnn(-c3ncc4c(n3)-c3ccccc3CCC4)c2COC)CC1. The molecule has 0 atom stereocenters. The number of fused-ring (bicyclic) bond motifs is 3. The van der Waals surface area contributed by atoms with E-state index in [2.05, 4.69) is 46.2 Å². The van der Waals surface area contributed by atoms with Gasteiger partial charge >= 0.3 is 0 Å². The molecule has 0 bridgehead atoms. The second-order valence-electron chi connectivity index (χ2n) is 8.63. The molecule has 0 radical (unpaired) electrons. The zero-order valence-corrected chi connectivity index (χ0v) is 19.3. The van der Waals surface area contributed by atoms with Crippen LogP contribution in [-0.4, -0.2) is 75.3 Å². The summed E-state index contributed by atoms with van der Waals surface area (Å²) < 4.78 is 7.11. The van der Waals surface area contributed by atoms with Gasteiger partial charge in [0, 0.05) is 45.0 Å². The van der Waals surface area contributed by atoms with Gasteiger partial charge in [0.15, 0.2) is 0 Å². The van der Waals surface area contributed by atoms with Crippen molar-refractivity contribution in [1.29, 1.82) is 0 Å². The maximum Gasteiger partial charge on any atom is 0.257 e. The Morgan fingerprint density at radius 1 is 1.06 bits per heavy atom. The molecule has 0 saturated carbocycles. The predicted octanol–water partition coefficient (Wildman–Crippen LogP) is 2.74. The molecule has 2 aromatic heterocycles. The maximum atomic E-state index is 13.3. The number of hydrogen-bond acceptors (Lipinski definition) is 6. The van der Waals surface area contributed by atoms with Crippen molar-refractivity contribution in [3.05, 3.63) is 59.0 Å². The van der Waals surface area contributed by atoms with Crippen LogP contribution < -0.4 is 0 Å². The largest absolute Gasteiger partial charge is 0.378 e. The Kier molecular flexibility index (Phi) is 6.20. The summed E-state index contributed by atoms with van der Waals surface area (Å²) in [6.07, 6.45) is 6.59. The van der Waals surface area contributed by atoms with E-state index in [-0.39, 0.29) is 12.5 Å². The lowest BCUT2D eigenvalue weighted by atomic mass is 10.0. The van der Waals surface area contributed by atoms with Gasteiger partial charge in [0.1, 0.15) is 0 Å². The lowest BCUT2D eigenvalue weighted by Crippen LogP contribution is -2.48. The minimum atomic E-state index is -0.0100. The van der Waals surface area contributed by atoms with E-state index in [1.54, 1.807) is 18.0 Å². The van der Waals surface area contributed by atoms with E-state index in [4.69, 9.17) is 9.72 Å². The van der Waals surface area contributed by atoms with Crippen molar-refractivity contribution in [3.63, 3.8) is 0 Å². The standard InChI is InChI=1S/C25H30N6O2/c1-3-29-11-13-30(14-12-29)24(32)21-16-27-31(22(21)17-33-2)25-26-15-19-9-6-8-18-7-4-5-10-20(18)23(19)28-25/h4-5,7,10,15-16H,3,6,8-9,11-14,17H2,1-2H3. The molecular formula is C25H30N6O2. The molecule has 1 saturated heterocycles. The van der Waals surface area contributed by atoms with Crippen molar-refractivity contribution >= 4 is 5.91 Å². The zero-order chi connectivity index (χ0) is 22.8. The fourth-order valence-corrected chi connectivity index (χ4v) is 4.79. The molecule has 0 N–H and O–H groups in total. The van der Waals surface area contributed by atoms with Gasteiger partial charge in [-0.3, -0.25) is 4.79 Å². The van der Waals surface area contributed by atoms with Gasteiger partial charge in [0.05, 0.1) is 29.8 Å². The fraction of sp³-hybridized carbons (Fsp3) is 0.440. The van der Waals surface area contributed by atoms with E-state index in [0.717, 1.165) is 68.8 Å². The number of ether oxygens (including phenoxy) is 1. The van der Waals surface area contributed by atoms with Crippen molar-refractivity contribution in [2.24, 2.45) is 0 Å². The summed E-state index contributed by atoms with van der Waals surface area (Å²) in [6, 6.07) is 8.43. The molecule has 8 nitrogen and oxygen atoms in total. The predicted molar refractivity (Wildman–Crippen MR) is 125 cm³/mol. The van der Waals surface area contributed by atoms with Crippen LogP contribution in [0.5, 0.6) is 0 Å². The van der Waals surface area contributed by atoms with E-state index in [9.17, 15) is 4.79 Å². The number of piperazine rings is 1. The number of carbonyl (C=O) groups is 1. The van der Waals surface area contributed by atoms with Gasteiger partial charge in [-0.05, 0) is 36.9 Å². The quantitative estimate of drug-likeness (QED) is 0.600. The van der Waals surface area contributed by atoms with Crippen LogP contribution in [-0.2, 0) is 24.2 Å². The third kappa shape index (κ3) is 4.16. The average Bonchev–Trinajstić information content (AvgIpc) is 3.18. The number of aromatic nitrogens is 4. The second-order valence-corrected chi connectivity index (χ2v) is 8.63. The highest BCUT2D eigenvalue weighted by atomic mass is 16.5. The Labute approximate surface area is 194 Å². The first-order chi connectivity index (χ1) is 16.2. The minimum absolute atomic E-state index is 0.0100. The van der Waals surface area contributed by atoms with E-state index in [0.29, 0.717) is 17.2 Å². The Morgan fingerprint density at radius 3 is 2.64 bits per heavy atom. The van der Waals surface area contributed by atoms with Crippen molar-refractivity contribution in [1.82, 2.24) is 29.5 Å². The van der Waals surface area contributed by atoms with Crippen molar-refractivity contribution in [2.45, 2.75) is 32.8 Å². The number of likely N-dealkylation sites (N-methyl/N-ethyl adjacent to an activating group) is 1. The van der Waals surface area contributed by atoms with Crippen molar-refractivity contribution < 1.29 is 9.53 Å². The number of amides is 1. The van der Waals surface area contributed by atoms with Gasteiger partial charge in [0.2, 0.25) is 0 Å². The van der Waals surface area contributed by atoms with Crippen LogP contribution >= 0.6 is 0 Å². The normalized spacial score (nSPS) is 16.2. The topological polar surface area (TPSA) is 76.4 Å². The Morgan fingerprint density at radius 2 is 1.85 bits per heavy atom. The molecule has 3 aromatic rings. The van der Waals surface area contributed by atoms with E-state index < -0.39 is 0 Å². The molecule has 1 aliphatic heterocycles. The van der Waals surface area contributed by atoms with Crippen LogP contribution in [0.4, 0.5) is 0 Å². The van der Waals surface area contributed by atoms with Crippen LogP contribution in [0.3, 0.4) is 0 Å². The van der Waals surface area contributed by atoms with Crippen LogP contribution in [0.1, 0.15) is 40.5 Å². The Hall–Kier alpha value is -3.10. The van der Waals surface area contributed by atoms with E-state index in [1.165, 1.54) is 5.56 Å². The summed E-state index contributed by atoms with van der Waals surface area (Å²) in [5.74, 6) is 0.455. The van der Waals surface area contributed by atoms with Gasteiger partial charge in [-0.1, -0.05) is 31.2 Å². The molecule has 1 aromatic carbocycles. The molecule has 0 unspecified atom stereocenters. The molecule has 1 fully saturated rings. The van der Waals surface area contributed by atoms with E-state index in [1.807, 2.05) is 11.1 Å². The van der Waals surface area contributed by atoms with Crippen LogP contribution in [0.25, 0.3) is 17.2 Å². The molecule has 1 aliphatic carbocycles. The average molecular weight is 447 g/mol. The highest BCUT2D eigenvalue weighted by molar-refractivity contribution is 5.95. The fourth-order valence-electron chi connectivity index (χ4n) is 4.79. The third-order valence-corrected chi connectivity index (χ3v) is 6.69. The number of aryl methyl sites for hydroxylation is 2. The Balaban J connectivity index is 1.51. The maximum absolute atomic E-state index is 13.3. The summed E-state index contributed by atoms with van der Waals surface area (Å²) in [6.45, 7) is 6.64. The number of rotatable bonds is 5. The smallest absolute Gasteiger partial charge is 0.257 e. The molecule has 5 rings (SSSR count). The van der Waals surface area contributed by atoms with Gasteiger partial charge in [-0.15, -0.1) is 0 Å². The van der Waals surface area contributed by atoms with Crippen molar-refractivity contribution in [3.8, 4) is 17.2 Å². The molecule has 0 spiro atoms. The molecule has 3 heterocycles. The number of methoxy groups -OCH3 is 1. The molecule has 172 valence electrons. The number of carbonyl (C=O) groups excluding carboxylic acids is 1. The van der Waals surface area contributed by atoms with Gasteiger partial charge in [-0.2, -0.15) is 9.78 Å². The van der Waals surface area contributed by atoms with Gasteiger partial charge < -0.3 is 14.5 Å². The second kappa shape index (κ2) is 9.41. The highest BCUT2D eigenvalue weighted by Gasteiger charge is 2.27. The summed E-state index contributed by atoms with van der Waals surface area (Å²) >= 11 is 0. The zero-order valence-electron chi connectivity index (χ0n) is 19.3. The first-order valence-corrected chi connectivity index (χ1v) is 11.7. The number of nitrogens with zero attached hydrogens (tertiary/aromatic N) is 6. The number of benzene rings is 1. The first-order valence-electron chi connectivity index (χ1n) is 11.7. The van der Waals surface area contributed by atoms with Gasteiger partial charge in [0.25, 0.3) is 11.9 Å².